The van der Waals surface area contributed by atoms with Crippen molar-refractivity contribution in [3.05, 3.63) is 24.4 Å². The third-order valence-electron chi connectivity index (χ3n) is 4.16. The zero-order chi connectivity index (χ0) is 14.2. The number of rotatable bonds is 2. The minimum atomic E-state index is 0.0411. The minimum absolute atomic E-state index is 0.0411. The first-order chi connectivity index (χ1) is 10.3. The third-order valence-corrected chi connectivity index (χ3v) is 4.16. The number of nitrogens with zero attached hydrogens (tertiary/aromatic N) is 3. The van der Waals surface area contributed by atoms with Gasteiger partial charge in [0.2, 0.25) is 0 Å². The van der Waals surface area contributed by atoms with Crippen LogP contribution in [0.5, 0.6) is 0 Å². The average Bonchev–Trinajstić information content (AvgIpc) is 3.13. The quantitative estimate of drug-likeness (QED) is 0.917. The number of hydrogen-bond donors (Lipinski definition) is 1. The molecule has 2 aromatic rings. The number of benzene rings is 1. The van der Waals surface area contributed by atoms with E-state index in [-0.39, 0.29) is 5.91 Å². The Morgan fingerprint density at radius 3 is 3.00 bits per heavy atom. The Balaban J connectivity index is 1.64. The lowest BCUT2D eigenvalue weighted by Gasteiger charge is -2.21. The number of carbonyl (C=O) groups excluding carboxylic acids is 1. The van der Waals surface area contributed by atoms with E-state index in [2.05, 4.69) is 15.3 Å². The number of anilines is 1. The number of aromatic nitrogens is 2. The standard InChI is InChI=1S/C15H16N4O2/c20-15-8-14(10-3-5-21-6-4-10)18-19(15)12-1-2-13-11(7-12)9-16-17-13/h1-2,7,9-10H,3-6,8H2,(H,16,17). The number of carbonyl (C=O) groups is 1. The molecule has 0 atom stereocenters. The number of nitrogens with one attached hydrogen (secondary N) is 1. The third kappa shape index (κ3) is 2.21. The molecule has 0 spiro atoms. The van der Waals surface area contributed by atoms with E-state index in [1.165, 1.54) is 5.01 Å². The van der Waals surface area contributed by atoms with Gasteiger partial charge in [-0.2, -0.15) is 10.2 Å². The summed E-state index contributed by atoms with van der Waals surface area (Å²) < 4.78 is 5.37. The monoisotopic (exact) mass is 284 g/mol. The maximum Gasteiger partial charge on any atom is 0.253 e. The van der Waals surface area contributed by atoms with Crippen molar-refractivity contribution in [1.82, 2.24) is 10.2 Å². The van der Waals surface area contributed by atoms with Crippen LogP contribution in [0, 0.1) is 5.92 Å². The molecule has 2 aliphatic rings. The van der Waals surface area contributed by atoms with Crippen LogP contribution in [-0.2, 0) is 9.53 Å². The first-order valence-electron chi connectivity index (χ1n) is 7.22. The van der Waals surface area contributed by atoms with Crippen molar-refractivity contribution in [1.29, 1.82) is 0 Å². The van der Waals surface area contributed by atoms with Gasteiger partial charge in [0.1, 0.15) is 0 Å². The zero-order valence-corrected chi connectivity index (χ0v) is 11.6. The van der Waals surface area contributed by atoms with E-state index in [1.54, 1.807) is 6.20 Å². The normalized spacial score (nSPS) is 20.3. The van der Waals surface area contributed by atoms with Crippen LogP contribution in [0.15, 0.2) is 29.5 Å². The maximum absolute atomic E-state index is 12.3. The predicted octanol–water partition coefficient (Wildman–Crippen LogP) is 2.08. The number of hydrogen-bond acceptors (Lipinski definition) is 4. The second-order valence-electron chi connectivity index (χ2n) is 5.50. The van der Waals surface area contributed by atoms with Crippen molar-refractivity contribution >= 4 is 28.2 Å². The number of H-pyrrole nitrogens is 1. The summed E-state index contributed by atoms with van der Waals surface area (Å²) in [4.78, 5) is 12.3. The summed E-state index contributed by atoms with van der Waals surface area (Å²) in [6, 6.07) is 5.76. The second-order valence-corrected chi connectivity index (χ2v) is 5.50. The number of aromatic amines is 1. The molecule has 1 amide bonds. The molecule has 108 valence electrons. The molecule has 0 saturated carbocycles. The first-order valence-corrected chi connectivity index (χ1v) is 7.22. The van der Waals surface area contributed by atoms with Gasteiger partial charge in [-0.3, -0.25) is 9.89 Å². The van der Waals surface area contributed by atoms with E-state index < -0.39 is 0 Å². The van der Waals surface area contributed by atoms with Crippen LogP contribution in [0.3, 0.4) is 0 Å². The minimum Gasteiger partial charge on any atom is -0.381 e. The number of amides is 1. The van der Waals surface area contributed by atoms with Gasteiger partial charge in [-0.15, -0.1) is 0 Å². The van der Waals surface area contributed by atoms with E-state index in [9.17, 15) is 4.79 Å². The number of hydrazone groups is 1. The van der Waals surface area contributed by atoms with Gasteiger partial charge in [-0.25, -0.2) is 5.01 Å². The largest absolute Gasteiger partial charge is 0.381 e. The Labute approximate surface area is 121 Å². The van der Waals surface area contributed by atoms with Crippen LogP contribution in [0.4, 0.5) is 5.69 Å². The molecule has 1 N–H and O–H groups in total. The van der Waals surface area contributed by atoms with Crippen LogP contribution < -0.4 is 5.01 Å². The Morgan fingerprint density at radius 1 is 1.29 bits per heavy atom. The fraction of sp³-hybridized carbons (Fsp3) is 0.400. The highest BCUT2D eigenvalue weighted by Gasteiger charge is 2.31. The van der Waals surface area contributed by atoms with Gasteiger partial charge >= 0.3 is 0 Å². The average molecular weight is 284 g/mol. The molecule has 1 saturated heterocycles. The molecule has 0 bridgehead atoms. The van der Waals surface area contributed by atoms with Gasteiger partial charge in [-0.1, -0.05) is 0 Å². The van der Waals surface area contributed by atoms with E-state index >= 15 is 0 Å². The Bertz CT molecular complexity index is 715. The summed E-state index contributed by atoms with van der Waals surface area (Å²) in [5.41, 5.74) is 2.76. The smallest absolute Gasteiger partial charge is 0.253 e. The molecule has 3 heterocycles. The molecule has 0 radical (unpaired) electrons. The summed E-state index contributed by atoms with van der Waals surface area (Å²) in [7, 11) is 0. The molecule has 21 heavy (non-hydrogen) atoms. The topological polar surface area (TPSA) is 70.6 Å². The van der Waals surface area contributed by atoms with E-state index in [0.29, 0.717) is 12.3 Å². The van der Waals surface area contributed by atoms with E-state index in [0.717, 1.165) is 48.4 Å². The molecular weight excluding hydrogens is 268 g/mol. The van der Waals surface area contributed by atoms with Crippen molar-refractivity contribution in [2.45, 2.75) is 19.3 Å². The Kier molecular flexibility index (Phi) is 2.96. The Morgan fingerprint density at radius 2 is 2.14 bits per heavy atom. The van der Waals surface area contributed by atoms with Gasteiger partial charge in [0.15, 0.2) is 0 Å². The summed E-state index contributed by atoms with van der Waals surface area (Å²) in [5, 5.41) is 14.0. The second kappa shape index (κ2) is 4.96. The fourth-order valence-electron chi connectivity index (χ4n) is 2.97. The van der Waals surface area contributed by atoms with Crippen LogP contribution in [0.2, 0.25) is 0 Å². The molecule has 1 aromatic heterocycles. The SMILES string of the molecule is O=C1CC(C2CCOCC2)=NN1c1ccc2[nH]ncc2c1. The highest BCUT2D eigenvalue weighted by molar-refractivity contribution is 6.14. The van der Waals surface area contributed by atoms with Crippen LogP contribution in [0.1, 0.15) is 19.3 Å². The van der Waals surface area contributed by atoms with Crippen LogP contribution in [0.25, 0.3) is 10.9 Å². The van der Waals surface area contributed by atoms with Gasteiger partial charge < -0.3 is 4.74 Å². The highest BCUT2D eigenvalue weighted by atomic mass is 16.5. The van der Waals surface area contributed by atoms with E-state index in [1.807, 2.05) is 18.2 Å². The Hall–Kier alpha value is -2.21. The predicted molar refractivity (Wildman–Crippen MR) is 79.2 cm³/mol. The van der Waals surface area contributed by atoms with Crippen molar-refractivity contribution in [3.63, 3.8) is 0 Å². The van der Waals surface area contributed by atoms with Crippen molar-refractivity contribution in [2.24, 2.45) is 11.0 Å². The molecule has 4 rings (SSSR count). The lowest BCUT2D eigenvalue weighted by atomic mass is 9.93. The van der Waals surface area contributed by atoms with Gasteiger partial charge in [0.05, 0.1) is 29.5 Å². The van der Waals surface area contributed by atoms with Crippen molar-refractivity contribution < 1.29 is 9.53 Å². The van der Waals surface area contributed by atoms with Crippen molar-refractivity contribution in [3.8, 4) is 0 Å². The fourth-order valence-corrected chi connectivity index (χ4v) is 2.97. The molecule has 6 heteroatoms. The molecular formula is C15H16N4O2. The lowest BCUT2D eigenvalue weighted by molar-refractivity contribution is -0.116. The lowest BCUT2D eigenvalue weighted by Crippen LogP contribution is -2.23. The van der Waals surface area contributed by atoms with Gasteiger partial charge in [-0.05, 0) is 31.0 Å². The molecule has 0 aliphatic carbocycles. The molecule has 1 fully saturated rings. The summed E-state index contributed by atoms with van der Waals surface area (Å²) >= 11 is 0. The summed E-state index contributed by atoms with van der Waals surface area (Å²) in [6.07, 6.45) is 4.10. The first kappa shape index (κ1) is 12.5. The summed E-state index contributed by atoms with van der Waals surface area (Å²) in [5.74, 6) is 0.421. The van der Waals surface area contributed by atoms with Crippen molar-refractivity contribution in [2.75, 3.05) is 18.2 Å². The molecule has 6 nitrogen and oxygen atoms in total. The molecule has 0 unspecified atom stereocenters. The molecule has 2 aliphatic heterocycles. The maximum atomic E-state index is 12.3. The number of fused-ring (bicyclic) bond motifs is 1. The molecule has 1 aromatic carbocycles. The summed E-state index contributed by atoms with van der Waals surface area (Å²) in [6.45, 7) is 1.53. The van der Waals surface area contributed by atoms with Gasteiger partial charge in [0, 0.05) is 24.5 Å². The number of ether oxygens (including phenoxy) is 1. The van der Waals surface area contributed by atoms with Gasteiger partial charge in [0.25, 0.3) is 5.91 Å². The van der Waals surface area contributed by atoms with Crippen LogP contribution in [-0.4, -0.2) is 35.0 Å². The zero-order valence-electron chi connectivity index (χ0n) is 11.6. The highest BCUT2D eigenvalue weighted by Crippen LogP contribution is 2.28. The van der Waals surface area contributed by atoms with Crippen LogP contribution >= 0.6 is 0 Å². The van der Waals surface area contributed by atoms with E-state index in [4.69, 9.17) is 4.74 Å².